The number of ether oxygens (including phenoxy) is 2. The van der Waals surface area contributed by atoms with Gasteiger partial charge in [-0.2, -0.15) is 4.58 Å². The van der Waals surface area contributed by atoms with Crippen LogP contribution >= 0.6 is 0 Å². The summed E-state index contributed by atoms with van der Waals surface area (Å²) in [6, 6.07) is 20.8. The van der Waals surface area contributed by atoms with Crippen LogP contribution in [0, 0.1) is 0 Å². The summed E-state index contributed by atoms with van der Waals surface area (Å²) in [5, 5.41) is 14.1. The average molecular weight is 684 g/mol. The normalized spacial score (nSPS) is 17.3. The molecule has 0 amide bonds. The average Bonchev–Trinajstić information content (AvgIpc) is 3.41. The molecule has 0 saturated carbocycles. The number of nitrogens with zero attached hydrogens (tertiary/aromatic N) is 2. The summed E-state index contributed by atoms with van der Waals surface area (Å²) in [6.45, 7) is 9.21. The zero-order valence-corrected chi connectivity index (χ0v) is 28.3. The van der Waals surface area contributed by atoms with Gasteiger partial charge in [0.25, 0.3) is 6.47 Å². The molecular formula is C40H38F3N2O5+. The molecule has 50 heavy (non-hydrogen) atoms. The van der Waals surface area contributed by atoms with Crippen LogP contribution in [0.25, 0.3) is 21.5 Å². The molecule has 2 aliphatic rings. The predicted octanol–water partition coefficient (Wildman–Crippen LogP) is 8.71. The number of carbonyl (C=O) groups excluding carboxylic acids is 1. The van der Waals surface area contributed by atoms with E-state index in [1.54, 1.807) is 6.07 Å². The highest BCUT2D eigenvalue weighted by atomic mass is 19.4. The molecule has 258 valence electrons. The first-order chi connectivity index (χ1) is 23.8. The largest absolute Gasteiger partial charge is 0.573 e. The predicted molar refractivity (Wildman–Crippen MR) is 188 cm³/mol. The monoisotopic (exact) mass is 683 g/mol. The lowest BCUT2D eigenvalue weighted by molar-refractivity contribution is -0.435. The molecule has 0 bridgehead atoms. The minimum Gasteiger partial charge on any atom is -0.481 e. The quantitative estimate of drug-likeness (QED) is 0.0560. The fourth-order valence-corrected chi connectivity index (χ4v) is 7.50. The molecule has 0 fully saturated rings. The first kappa shape index (κ1) is 34.5. The van der Waals surface area contributed by atoms with Gasteiger partial charge in [0.1, 0.15) is 18.8 Å². The number of fused-ring (bicyclic) bond motifs is 7. The molecular weight excluding hydrogens is 645 g/mol. The highest BCUT2D eigenvalue weighted by Crippen LogP contribution is 2.50. The highest BCUT2D eigenvalue weighted by Gasteiger charge is 2.47. The van der Waals surface area contributed by atoms with Crippen molar-refractivity contribution < 1.29 is 41.9 Å². The Labute approximate surface area is 288 Å². The number of alkyl halides is 3. The summed E-state index contributed by atoms with van der Waals surface area (Å²) >= 11 is 0. The fourth-order valence-electron chi connectivity index (χ4n) is 7.50. The van der Waals surface area contributed by atoms with Crippen LogP contribution in [-0.4, -0.2) is 53.9 Å². The molecule has 0 spiro atoms. The summed E-state index contributed by atoms with van der Waals surface area (Å²) < 4.78 is 50.4. The number of anilines is 1. The van der Waals surface area contributed by atoms with Crippen LogP contribution in [0.2, 0.25) is 0 Å². The van der Waals surface area contributed by atoms with E-state index in [1.165, 1.54) is 12.1 Å². The number of carboxylic acid groups (broad SMARTS) is 1. The van der Waals surface area contributed by atoms with Gasteiger partial charge >= 0.3 is 12.3 Å². The lowest BCUT2D eigenvalue weighted by atomic mass is 9.78. The van der Waals surface area contributed by atoms with Crippen LogP contribution < -0.4 is 9.64 Å². The Kier molecular flexibility index (Phi) is 9.07. The van der Waals surface area contributed by atoms with Gasteiger partial charge in [0.2, 0.25) is 5.69 Å². The maximum atomic E-state index is 13.0. The van der Waals surface area contributed by atoms with Crippen molar-refractivity contribution in [1.29, 1.82) is 0 Å². The maximum Gasteiger partial charge on any atom is 0.573 e. The van der Waals surface area contributed by atoms with Gasteiger partial charge in [0.15, 0.2) is 12.3 Å². The van der Waals surface area contributed by atoms with Crippen molar-refractivity contribution in [3.05, 3.63) is 114 Å². The van der Waals surface area contributed by atoms with Gasteiger partial charge < -0.3 is 19.5 Å². The first-order valence-electron chi connectivity index (χ1n) is 16.3. The third-order valence-corrected chi connectivity index (χ3v) is 9.61. The second-order valence-electron chi connectivity index (χ2n) is 13.4. The third kappa shape index (κ3) is 6.26. The Balaban J connectivity index is 1.39. The van der Waals surface area contributed by atoms with Gasteiger partial charge in [0.05, 0.1) is 17.3 Å². The Morgan fingerprint density at radius 1 is 0.900 bits per heavy atom. The van der Waals surface area contributed by atoms with E-state index in [1.807, 2.05) is 73.4 Å². The van der Waals surface area contributed by atoms with Crippen LogP contribution in [0.1, 0.15) is 45.2 Å². The molecule has 2 heterocycles. The molecule has 1 N–H and O–H groups in total. The van der Waals surface area contributed by atoms with Crippen LogP contribution in [0.3, 0.4) is 0 Å². The summed E-state index contributed by atoms with van der Waals surface area (Å²) in [6.07, 6.45) is 4.72. The summed E-state index contributed by atoms with van der Waals surface area (Å²) in [5.74, 6) is -1.19. The van der Waals surface area contributed by atoms with Crippen molar-refractivity contribution in [3.63, 3.8) is 0 Å². The molecule has 4 aromatic carbocycles. The Morgan fingerprint density at radius 2 is 1.56 bits per heavy atom. The van der Waals surface area contributed by atoms with Gasteiger partial charge in [-0.05, 0) is 65.9 Å². The van der Waals surface area contributed by atoms with Crippen LogP contribution in [-0.2, 0) is 25.2 Å². The smallest absolute Gasteiger partial charge is 0.481 e. The van der Waals surface area contributed by atoms with Gasteiger partial charge in [-0.3, -0.25) is 9.59 Å². The Morgan fingerprint density at radius 3 is 2.22 bits per heavy atom. The van der Waals surface area contributed by atoms with Crippen LogP contribution in [0.15, 0.2) is 103 Å². The van der Waals surface area contributed by atoms with Gasteiger partial charge in [0, 0.05) is 28.4 Å². The fraction of sp³-hybridized carbons (Fsp3) is 0.275. The Bertz CT molecular complexity index is 2120. The minimum atomic E-state index is -4.82. The topological polar surface area (TPSA) is 79.1 Å². The summed E-state index contributed by atoms with van der Waals surface area (Å²) in [5.41, 5.74) is 4.12. The number of allylic oxidation sites excluding steroid dienone is 6. The molecule has 2 aliphatic heterocycles. The van der Waals surface area contributed by atoms with E-state index in [9.17, 15) is 27.9 Å². The molecule has 0 unspecified atom stereocenters. The molecule has 10 heteroatoms. The zero-order chi connectivity index (χ0) is 35.8. The van der Waals surface area contributed by atoms with Gasteiger partial charge in [-0.15, -0.1) is 13.2 Å². The van der Waals surface area contributed by atoms with Crippen molar-refractivity contribution in [2.75, 3.05) is 24.6 Å². The second-order valence-corrected chi connectivity index (χ2v) is 13.4. The standard InChI is InChI=1S/C40H37F3N2O5/c1-38(2)31-24-26(50-40(41,42)43)18-19-32(31)44(22-23-49-25-46)33(38)16-6-5-7-17-34-39(3,4)36-29-14-10-8-12-27(29)28-13-9-11-15-30(28)37(36)45(34)21-20-35(47)48/h5-19,24-25H,20-23H2,1-4H3/p+1. The summed E-state index contributed by atoms with van der Waals surface area (Å²) in [7, 11) is 0. The molecule has 7 nitrogen and oxygen atoms in total. The Hall–Kier alpha value is -5.38. The number of aliphatic carboxylic acids is 1. The van der Waals surface area contributed by atoms with Crippen LogP contribution in [0.5, 0.6) is 5.75 Å². The van der Waals surface area contributed by atoms with E-state index in [0.717, 1.165) is 44.2 Å². The lowest BCUT2D eigenvalue weighted by Crippen LogP contribution is -2.29. The van der Waals surface area contributed by atoms with E-state index < -0.39 is 23.2 Å². The maximum absolute atomic E-state index is 13.0. The molecule has 0 saturated heterocycles. The number of carboxylic acids is 1. The van der Waals surface area contributed by atoms with Crippen molar-refractivity contribution >= 4 is 51.1 Å². The minimum absolute atomic E-state index is 0.0367. The first-order valence-corrected chi connectivity index (χ1v) is 16.3. The molecule has 0 aromatic heterocycles. The van der Waals surface area contributed by atoms with E-state index >= 15 is 0 Å². The van der Waals surface area contributed by atoms with Crippen molar-refractivity contribution in [1.82, 2.24) is 0 Å². The number of hydrogen-bond acceptors (Lipinski definition) is 5. The summed E-state index contributed by atoms with van der Waals surface area (Å²) in [4.78, 5) is 24.6. The van der Waals surface area contributed by atoms with Crippen molar-refractivity contribution in [2.24, 2.45) is 0 Å². The SMILES string of the molecule is CC1(C)C(=CC=CC=CC2=[N+](CCC(=O)O)c3c(c4ccccc4c4ccccc34)C2(C)C)N(CCOC=O)c2ccc(OC(F)(F)F)cc21. The number of carbonyl (C=O) groups is 2. The molecule has 0 aliphatic carbocycles. The highest BCUT2D eigenvalue weighted by molar-refractivity contribution is 6.18. The van der Waals surface area contributed by atoms with E-state index in [2.05, 4.69) is 47.4 Å². The second kappa shape index (κ2) is 13.2. The van der Waals surface area contributed by atoms with E-state index in [4.69, 9.17) is 4.74 Å². The van der Waals surface area contributed by atoms with Crippen molar-refractivity contribution in [3.8, 4) is 5.75 Å². The van der Waals surface area contributed by atoms with E-state index in [-0.39, 0.29) is 18.8 Å². The molecule has 0 radical (unpaired) electrons. The van der Waals surface area contributed by atoms with Gasteiger partial charge in [-0.25, -0.2) is 0 Å². The molecule has 6 rings (SSSR count). The number of hydrogen-bond donors (Lipinski definition) is 1. The molecule has 4 aromatic rings. The number of halogens is 3. The van der Waals surface area contributed by atoms with Crippen LogP contribution in [0.4, 0.5) is 24.5 Å². The van der Waals surface area contributed by atoms with E-state index in [0.29, 0.717) is 30.8 Å². The lowest BCUT2D eigenvalue weighted by Gasteiger charge is -2.26. The number of rotatable bonds is 11. The molecule has 0 atom stereocenters. The van der Waals surface area contributed by atoms with Gasteiger partial charge in [-0.1, -0.05) is 74.5 Å². The number of benzene rings is 4. The third-order valence-electron chi connectivity index (χ3n) is 9.61. The van der Waals surface area contributed by atoms with Crippen molar-refractivity contribution in [2.45, 2.75) is 51.3 Å². The zero-order valence-electron chi connectivity index (χ0n) is 28.3.